The van der Waals surface area contributed by atoms with Crippen LogP contribution >= 0.6 is 11.8 Å². The van der Waals surface area contributed by atoms with Crippen molar-refractivity contribution in [1.82, 2.24) is 0 Å². The van der Waals surface area contributed by atoms with Crippen LogP contribution in [0.4, 0.5) is 4.39 Å². The molecule has 1 aliphatic rings. The Hall–Kier alpha value is -1.28. The molecule has 0 unspecified atom stereocenters. The first-order valence-corrected chi connectivity index (χ1v) is 6.11. The highest BCUT2D eigenvalue weighted by Gasteiger charge is 2.20. The number of aryl methyl sites for hydroxylation is 1. The van der Waals surface area contributed by atoms with Crippen molar-refractivity contribution in [2.24, 2.45) is 0 Å². The molecule has 16 heavy (non-hydrogen) atoms. The molecule has 1 heterocycles. The fourth-order valence-electron chi connectivity index (χ4n) is 2.08. The minimum Gasteiger partial charge on any atom is -0.207 e. The number of rotatable bonds is 0. The van der Waals surface area contributed by atoms with Gasteiger partial charge in [0.2, 0.25) is 0 Å². The van der Waals surface area contributed by atoms with Crippen molar-refractivity contribution in [3.8, 4) is 0 Å². The van der Waals surface area contributed by atoms with E-state index in [4.69, 9.17) is 0 Å². The summed E-state index contributed by atoms with van der Waals surface area (Å²) in [5.74, 6) is -0.0809. The number of fused-ring (bicyclic) bond motifs is 2. The van der Waals surface area contributed by atoms with Gasteiger partial charge in [0, 0.05) is 21.8 Å². The first-order chi connectivity index (χ1) is 7.75. The Bertz CT molecular complexity index is 511. The Labute approximate surface area is 98.5 Å². The number of halogens is 1. The summed E-state index contributed by atoms with van der Waals surface area (Å²) in [6.07, 6.45) is 0.714. The van der Waals surface area contributed by atoms with E-state index in [1.807, 2.05) is 25.1 Å². The summed E-state index contributed by atoms with van der Waals surface area (Å²) < 4.78 is 13.7. The van der Waals surface area contributed by atoms with Crippen LogP contribution < -0.4 is 0 Å². The lowest BCUT2D eigenvalue weighted by Crippen LogP contribution is -2.03. The molecule has 1 aliphatic heterocycles. The van der Waals surface area contributed by atoms with Gasteiger partial charge in [-0.2, -0.15) is 0 Å². The molecule has 0 saturated heterocycles. The molecule has 80 valence electrons. The van der Waals surface area contributed by atoms with Crippen molar-refractivity contribution in [1.29, 1.82) is 0 Å². The summed E-state index contributed by atoms with van der Waals surface area (Å²) in [6.45, 7) is 2.04. The maximum Gasteiger partial charge on any atom is 0.127 e. The maximum absolute atomic E-state index is 13.7. The average molecular weight is 230 g/mol. The number of benzene rings is 2. The van der Waals surface area contributed by atoms with Gasteiger partial charge >= 0.3 is 0 Å². The second kappa shape index (κ2) is 3.63. The van der Waals surface area contributed by atoms with E-state index in [1.165, 1.54) is 10.5 Å². The lowest BCUT2D eigenvalue weighted by atomic mass is 10.0. The van der Waals surface area contributed by atoms with Crippen LogP contribution in [-0.2, 0) is 6.42 Å². The van der Waals surface area contributed by atoms with Crippen molar-refractivity contribution >= 4 is 11.8 Å². The topological polar surface area (TPSA) is 0 Å². The predicted molar refractivity (Wildman–Crippen MR) is 64.5 cm³/mol. The SMILES string of the molecule is Cc1ccc(F)c2c1Sc1ccccc1C2. The largest absolute Gasteiger partial charge is 0.207 e. The first-order valence-electron chi connectivity index (χ1n) is 5.29. The van der Waals surface area contributed by atoms with E-state index in [2.05, 4.69) is 12.1 Å². The van der Waals surface area contributed by atoms with Gasteiger partial charge in [0.25, 0.3) is 0 Å². The van der Waals surface area contributed by atoms with E-state index in [1.54, 1.807) is 17.8 Å². The second-order valence-electron chi connectivity index (χ2n) is 4.06. The van der Waals surface area contributed by atoms with Crippen molar-refractivity contribution in [2.75, 3.05) is 0 Å². The first kappa shape index (κ1) is 9.91. The highest BCUT2D eigenvalue weighted by atomic mass is 32.2. The number of hydrogen-bond donors (Lipinski definition) is 0. The van der Waals surface area contributed by atoms with Crippen molar-refractivity contribution in [3.63, 3.8) is 0 Å². The third kappa shape index (κ3) is 1.45. The fraction of sp³-hybridized carbons (Fsp3) is 0.143. The van der Waals surface area contributed by atoms with Gasteiger partial charge in [-0.05, 0) is 30.2 Å². The Morgan fingerprint density at radius 2 is 1.94 bits per heavy atom. The second-order valence-corrected chi connectivity index (χ2v) is 5.11. The van der Waals surface area contributed by atoms with Gasteiger partial charge in [-0.3, -0.25) is 0 Å². The zero-order valence-electron chi connectivity index (χ0n) is 8.96. The van der Waals surface area contributed by atoms with Crippen LogP contribution in [0.25, 0.3) is 0 Å². The lowest BCUT2D eigenvalue weighted by Gasteiger charge is -2.20. The minimum atomic E-state index is -0.0809. The molecule has 0 amide bonds. The predicted octanol–water partition coefficient (Wildman–Crippen LogP) is 4.19. The van der Waals surface area contributed by atoms with E-state index in [0.29, 0.717) is 6.42 Å². The van der Waals surface area contributed by atoms with Crippen LogP contribution in [0.15, 0.2) is 46.2 Å². The summed E-state index contributed by atoms with van der Waals surface area (Å²) in [7, 11) is 0. The van der Waals surface area contributed by atoms with Crippen molar-refractivity contribution < 1.29 is 4.39 Å². The number of hydrogen-bond acceptors (Lipinski definition) is 1. The average Bonchev–Trinajstić information content (AvgIpc) is 2.32. The van der Waals surface area contributed by atoms with Crippen LogP contribution in [0.5, 0.6) is 0 Å². The molecule has 0 spiro atoms. The fourth-order valence-corrected chi connectivity index (χ4v) is 3.24. The third-order valence-corrected chi connectivity index (χ3v) is 4.34. The molecular weight excluding hydrogens is 219 g/mol. The van der Waals surface area contributed by atoms with Gasteiger partial charge < -0.3 is 0 Å². The van der Waals surface area contributed by atoms with E-state index >= 15 is 0 Å². The zero-order valence-corrected chi connectivity index (χ0v) is 9.77. The molecular formula is C14H11FS. The van der Waals surface area contributed by atoms with Crippen LogP contribution in [0.1, 0.15) is 16.7 Å². The summed E-state index contributed by atoms with van der Waals surface area (Å²) in [6, 6.07) is 11.7. The molecule has 0 aliphatic carbocycles. The summed E-state index contributed by atoms with van der Waals surface area (Å²) in [5, 5.41) is 0. The quantitative estimate of drug-likeness (QED) is 0.558. The molecule has 0 radical (unpaired) electrons. The molecule has 0 bridgehead atoms. The van der Waals surface area contributed by atoms with Gasteiger partial charge in [-0.1, -0.05) is 36.0 Å². The molecule has 2 aromatic carbocycles. The van der Waals surface area contributed by atoms with E-state index < -0.39 is 0 Å². The van der Waals surface area contributed by atoms with Crippen LogP contribution in [-0.4, -0.2) is 0 Å². The molecule has 0 aromatic heterocycles. The van der Waals surface area contributed by atoms with Crippen LogP contribution in [0.2, 0.25) is 0 Å². The third-order valence-electron chi connectivity index (χ3n) is 2.95. The van der Waals surface area contributed by atoms with Gasteiger partial charge in [0.05, 0.1) is 0 Å². The summed E-state index contributed by atoms with van der Waals surface area (Å²) in [5.41, 5.74) is 3.24. The summed E-state index contributed by atoms with van der Waals surface area (Å²) in [4.78, 5) is 2.35. The van der Waals surface area contributed by atoms with Crippen LogP contribution in [0.3, 0.4) is 0 Å². The van der Waals surface area contributed by atoms with Crippen molar-refractivity contribution in [3.05, 3.63) is 58.9 Å². The monoisotopic (exact) mass is 230 g/mol. The Morgan fingerprint density at radius 1 is 1.12 bits per heavy atom. The lowest BCUT2D eigenvalue weighted by molar-refractivity contribution is 0.606. The van der Waals surface area contributed by atoms with E-state index in [9.17, 15) is 4.39 Å². The van der Waals surface area contributed by atoms with Gasteiger partial charge in [-0.25, -0.2) is 4.39 Å². The summed E-state index contributed by atoms with van der Waals surface area (Å²) >= 11 is 1.68. The molecule has 2 aromatic rings. The molecule has 2 heteroatoms. The Kier molecular flexibility index (Phi) is 2.25. The van der Waals surface area contributed by atoms with E-state index in [-0.39, 0.29) is 5.82 Å². The van der Waals surface area contributed by atoms with Gasteiger partial charge in [-0.15, -0.1) is 0 Å². The molecule has 0 atom stereocenters. The molecule has 0 saturated carbocycles. The zero-order chi connectivity index (χ0) is 11.1. The standard InChI is InChI=1S/C14H11FS/c1-9-6-7-12(15)11-8-10-4-2-3-5-13(10)16-14(9)11/h2-7H,8H2,1H3. The maximum atomic E-state index is 13.7. The van der Waals surface area contributed by atoms with Crippen LogP contribution in [0, 0.1) is 12.7 Å². The molecule has 0 N–H and O–H groups in total. The minimum absolute atomic E-state index is 0.0809. The van der Waals surface area contributed by atoms with Gasteiger partial charge in [0.15, 0.2) is 0 Å². The van der Waals surface area contributed by atoms with E-state index in [0.717, 1.165) is 16.0 Å². The highest BCUT2D eigenvalue weighted by Crippen LogP contribution is 2.41. The molecule has 0 fully saturated rings. The normalized spacial score (nSPS) is 13.1. The molecule has 0 nitrogen and oxygen atoms in total. The molecule has 3 rings (SSSR count). The Balaban J connectivity index is 2.19. The van der Waals surface area contributed by atoms with Crippen molar-refractivity contribution in [2.45, 2.75) is 23.1 Å². The Morgan fingerprint density at radius 3 is 2.81 bits per heavy atom. The van der Waals surface area contributed by atoms with Gasteiger partial charge in [0.1, 0.15) is 5.82 Å². The highest BCUT2D eigenvalue weighted by molar-refractivity contribution is 7.99. The smallest absolute Gasteiger partial charge is 0.127 e.